The lowest BCUT2D eigenvalue weighted by Gasteiger charge is -2.42. The lowest BCUT2D eigenvalue weighted by Crippen LogP contribution is -2.56. The summed E-state index contributed by atoms with van der Waals surface area (Å²) in [4.78, 5) is 16.7. The molecule has 0 spiro atoms. The van der Waals surface area contributed by atoms with Crippen LogP contribution in [0.15, 0.2) is 0 Å². The Labute approximate surface area is 122 Å². The second kappa shape index (κ2) is 6.87. The van der Waals surface area contributed by atoms with Crippen LogP contribution in [0.5, 0.6) is 0 Å². The predicted octanol–water partition coefficient (Wildman–Crippen LogP) is 0.827. The molecule has 2 rings (SSSR count). The molecule has 1 unspecified atom stereocenters. The zero-order valence-corrected chi connectivity index (χ0v) is 12.9. The number of amides is 1. The minimum absolute atomic E-state index is 0.0377. The van der Waals surface area contributed by atoms with Crippen molar-refractivity contribution in [1.82, 2.24) is 9.80 Å². The third kappa shape index (κ3) is 4.43. The summed E-state index contributed by atoms with van der Waals surface area (Å²) in [6.07, 6.45) is 4.83. The van der Waals surface area contributed by atoms with Gasteiger partial charge < -0.3 is 15.4 Å². The van der Waals surface area contributed by atoms with Crippen LogP contribution in [0.25, 0.3) is 0 Å². The standard InChI is InChI=1S/C15H29N3O2/c1-15(2)12-17(10-13(9-16)20-15)11-14(19)18-7-5-3-4-6-8-18/h13H,3-12,16H2,1-2H3. The number of likely N-dealkylation sites (tertiary alicyclic amines) is 1. The molecule has 0 aromatic rings. The first kappa shape index (κ1) is 15.7. The van der Waals surface area contributed by atoms with Crippen LogP contribution in [0.2, 0.25) is 0 Å². The molecule has 0 bridgehead atoms. The Morgan fingerprint density at radius 1 is 1.25 bits per heavy atom. The minimum atomic E-state index is -0.221. The molecule has 5 heteroatoms. The molecule has 2 fully saturated rings. The second-order valence-corrected chi connectivity index (χ2v) is 6.70. The lowest BCUT2D eigenvalue weighted by atomic mass is 10.1. The minimum Gasteiger partial charge on any atom is -0.368 e. The number of morpholine rings is 1. The number of carbonyl (C=O) groups is 1. The Kier molecular flexibility index (Phi) is 5.41. The third-order valence-corrected chi connectivity index (χ3v) is 4.13. The van der Waals surface area contributed by atoms with Gasteiger partial charge in [0.25, 0.3) is 0 Å². The van der Waals surface area contributed by atoms with Crippen LogP contribution < -0.4 is 5.73 Å². The van der Waals surface area contributed by atoms with Crippen molar-refractivity contribution in [3.8, 4) is 0 Å². The first-order valence-electron chi connectivity index (χ1n) is 7.88. The summed E-state index contributed by atoms with van der Waals surface area (Å²) < 4.78 is 5.91. The van der Waals surface area contributed by atoms with Crippen molar-refractivity contribution in [3.63, 3.8) is 0 Å². The van der Waals surface area contributed by atoms with E-state index in [2.05, 4.69) is 18.7 Å². The van der Waals surface area contributed by atoms with E-state index in [1.165, 1.54) is 12.8 Å². The predicted molar refractivity (Wildman–Crippen MR) is 79.5 cm³/mol. The van der Waals surface area contributed by atoms with Gasteiger partial charge in [0.1, 0.15) is 0 Å². The molecule has 1 atom stereocenters. The monoisotopic (exact) mass is 283 g/mol. The number of ether oxygens (including phenoxy) is 1. The van der Waals surface area contributed by atoms with Crippen LogP contribution in [0.4, 0.5) is 0 Å². The van der Waals surface area contributed by atoms with Crippen molar-refractivity contribution in [3.05, 3.63) is 0 Å². The van der Waals surface area contributed by atoms with Gasteiger partial charge in [0.15, 0.2) is 0 Å². The van der Waals surface area contributed by atoms with E-state index >= 15 is 0 Å². The zero-order chi connectivity index (χ0) is 14.6. The number of carbonyl (C=O) groups excluding carboxylic acids is 1. The molecular formula is C15H29N3O2. The van der Waals surface area contributed by atoms with E-state index in [0.717, 1.165) is 39.0 Å². The maximum atomic E-state index is 12.4. The Morgan fingerprint density at radius 2 is 1.90 bits per heavy atom. The van der Waals surface area contributed by atoms with Gasteiger partial charge in [-0.15, -0.1) is 0 Å². The summed E-state index contributed by atoms with van der Waals surface area (Å²) in [5.74, 6) is 0.264. The molecule has 116 valence electrons. The average Bonchev–Trinajstić information content (AvgIpc) is 2.65. The normalized spacial score (nSPS) is 28.1. The quantitative estimate of drug-likeness (QED) is 0.833. The maximum Gasteiger partial charge on any atom is 0.236 e. The van der Waals surface area contributed by atoms with Gasteiger partial charge in [-0.05, 0) is 26.7 Å². The topological polar surface area (TPSA) is 58.8 Å². The van der Waals surface area contributed by atoms with Crippen molar-refractivity contribution in [1.29, 1.82) is 0 Å². The van der Waals surface area contributed by atoms with E-state index in [9.17, 15) is 4.79 Å². The molecule has 2 heterocycles. The van der Waals surface area contributed by atoms with Crippen molar-refractivity contribution >= 4 is 5.91 Å². The van der Waals surface area contributed by atoms with E-state index in [1.54, 1.807) is 0 Å². The Balaban J connectivity index is 1.89. The fourth-order valence-electron chi connectivity index (χ4n) is 3.27. The fourth-order valence-corrected chi connectivity index (χ4v) is 3.27. The van der Waals surface area contributed by atoms with Crippen LogP contribution in [0, 0.1) is 0 Å². The molecule has 2 aliphatic rings. The number of hydrogen-bond acceptors (Lipinski definition) is 4. The zero-order valence-electron chi connectivity index (χ0n) is 12.9. The summed E-state index contributed by atoms with van der Waals surface area (Å²) in [5, 5.41) is 0. The van der Waals surface area contributed by atoms with Gasteiger partial charge in [0.2, 0.25) is 5.91 Å². The summed E-state index contributed by atoms with van der Waals surface area (Å²) in [5.41, 5.74) is 5.51. The molecule has 2 N–H and O–H groups in total. The molecule has 2 saturated heterocycles. The highest BCUT2D eigenvalue weighted by Crippen LogP contribution is 2.20. The van der Waals surface area contributed by atoms with Gasteiger partial charge >= 0.3 is 0 Å². The number of nitrogens with two attached hydrogens (primary N) is 1. The van der Waals surface area contributed by atoms with E-state index in [4.69, 9.17) is 10.5 Å². The molecule has 0 radical (unpaired) electrons. The average molecular weight is 283 g/mol. The first-order valence-corrected chi connectivity index (χ1v) is 7.88. The highest BCUT2D eigenvalue weighted by Gasteiger charge is 2.34. The van der Waals surface area contributed by atoms with Crippen molar-refractivity contribution in [2.45, 2.75) is 51.2 Å². The van der Waals surface area contributed by atoms with Crippen molar-refractivity contribution < 1.29 is 9.53 Å². The second-order valence-electron chi connectivity index (χ2n) is 6.70. The largest absolute Gasteiger partial charge is 0.368 e. The van der Waals surface area contributed by atoms with Gasteiger partial charge in [-0.1, -0.05) is 12.8 Å². The molecule has 0 saturated carbocycles. The molecule has 20 heavy (non-hydrogen) atoms. The first-order chi connectivity index (χ1) is 9.50. The SMILES string of the molecule is CC1(C)CN(CC(=O)N2CCCCCC2)CC(CN)O1. The molecule has 5 nitrogen and oxygen atoms in total. The van der Waals surface area contributed by atoms with Crippen LogP contribution >= 0.6 is 0 Å². The van der Waals surface area contributed by atoms with Gasteiger partial charge in [-0.3, -0.25) is 9.69 Å². The molecule has 0 aromatic heterocycles. The summed E-state index contributed by atoms with van der Waals surface area (Å²) >= 11 is 0. The number of rotatable bonds is 3. The molecule has 0 aromatic carbocycles. The van der Waals surface area contributed by atoms with Gasteiger partial charge in [0, 0.05) is 32.7 Å². The Morgan fingerprint density at radius 3 is 2.50 bits per heavy atom. The van der Waals surface area contributed by atoms with E-state index in [-0.39, 0.29) is 17.6 Å². The summed E-state index contributed by atoms with van der Waals surface area (Å²) in [6, 6.07) is 0. The highest BCUT2D eigenvalue weighted by molar-refractivity contribution is 5.78. The third-order valence-electron chi connectivity index (χ3n) is 4.13. The van der Waals surface area contributed by atoms with E-state index in [0.29, 0.717) is 13.1 Å². The van der Waals surface area contributed by atoms with E-state index in [1.807, 2.05) is 4.90 Å². The highest BCUT2D eigenvalue weighted by atomic mass is 16.5. The maximum absolute atomic E-state index is 12.4. The van der Waals surface area contributed by atoms with Crippen LogP contribution in [0.1, 0.15) is 39.5 Å². The Bertz CT molecular complexity index is 325. The van der Waals surface area contributed by atoms with Gasteiger partial charge in [-0.2, -0.15) is 0 Å². The van der Waals surface area contributed by atoms with Gasteiger partial charge in [0.05, 0.1) is 18.2 Å². The Hall–Kier alpha value is -0.650. The van der Waals surface area contributed by atoms with Gasteiger partial charge in [-0.25, -0.2) is 0 Å². The summed E-state index contributed by atoms with van der Waals surface area (Å²) in [7, 11) is 0. The smallest absolute Gasteiger partial charge is 0.236 e. The molecule has 0 aliphatic carbocycles. The van der Waals surface area contributed by atoms with Crippen molar-refractivity contribution in [2.24, 2.45) is 5.73 Å². The van der Waals surface area contributed by atoms with Crippen molar-refractivity contribution in [2.75, 3.05) is 39.3 Å². The molecule has 2 aliphatic heterocycles. The molecular weight excluding hydrogens is 254 g/mol. The number of nitrogens with zero attached hydrogens (tertiary/aromatic N) is 2. The number of hydrogen-bond donors (Lipinski definition) is 1. The fraction of sp³-hybridized carbons (Fsp3) is 0.933. The summed E-state index contributed by atoms with van der Waals surface area (Å²) in [6.45, 7) is 8.56. The molecule has 1 amide bonds. The van der Waals surface area contributed by atoms with Crippen LogP contribution in [-0.4, -0.2) is 66.7 Å². The van der Waals surface area contributed by atoms with Crippen LogP contribution in [-0.2, 0) is 9.53 Å². The lowest BCUT2D eigenvalue weighted by molar-refractivity contribution is -0.147. The van der Waals surface area contributed by atoms with E-state index < -0.39 is 0 Å². The van der Waals surface area contributed by atoms with Crippen LogP contribution in [0.3, 0.4) is 0 Å².